The maximum Gasteiger partial charge on any atom is 0.285 e. The molecule has 1 aliphatic carbocycles. The minimum atomic E-state index is -3.77. The molecule has 4 nitrogen and oxygen atoms in total. The minimum absolute atomic E-state index is 0.244. The van der Waals surface area contributed by atoms with Crippen molar-refractivity contribution < 1.29 is 8.42 Å². The van der Waals surface area contributed by atoms with E-state index in [0.29, 0.717) is 4.80 Å². The molecular weight excluding hydrogens is 480 g/mol. The third-order valence-corrected chi connectivity index (χ3v) is 8.41. The van der Waals surface area contributed by atoms with Crippen LogP contribution in [-0.4, -0.2) is 13.0 Å². The molecule has 30 heavy (non-hydrogen) atoms. The van der Waals surface area contributed by atoms with E-state index >= 15 is 0 Å². The fourth-order valence-corrected chi connectivity index (χ4v) is 6.40. The smallest absolute Gasteiger partial charge is 0.285 e. The first-order chi connectivity index (χ1) is 14.5. The van der Waals surface area contributed by atoms with Gasteiger partial charge in [0.25, 0.3) is 10.0 Å². The Kier molecular flexibility index (Phi) is 6.60. The Morgan fingerprint density at radius 1 is 1.03 bits per heavy atom. The lowest BCUT2D eigenvalue weighted by Gasteiger charge is -2.25. The van der Waals surface area contributed by atoms with Crippen molar-refractivity contribution in [1.82, 2.24) is 4.57 Å². The summed E-state index contributed by atoms with van der Waals surface area (Å²) >= 11 is 4.90. The summed E-state index contributed by atoms with van der Waals surface area (Å²) in [7, 11) is -3.77. The lowest BCUT2D eigenvalue weighted by atomic mass is 9.95. The summed E-state index contributed by atoms with van der Waals surface area (Å²) in [6.45, 7) is 2.05. The number of nitrogens with zero attached hydrogens (tertiary/aromatic N) is 2. The predicted molar refractivity (Wildman–Crippen MR) is 126 cm³/mol. The third-order valence-electron chi connectivity index (χ3n) is 5.65. The van der Waals surface area contributed by atoms with Gasteiger partial charge in [-0.05, 0) is 54.7 Å². The van der Waals surface area contributed by atoms with Crippen LogP contribution < -0.4 is 4.80 Å². The summed E-state index contributed by atoms with van der Waals surface area (Å²) in [5.41, 5.74) is 3.22. The van der Waals surface area contributed by atoms with Crippen LogP contribution in [-0.2, 0) is 16.4 Å². The molecular formula is C23H25BrN2O2S2. The van der Waals surface area contributed by atoms with Gasteiger partial charge in [-0.25, -0.2) is 0 Å². The number of aryl methyl sites for hydroxylation is 1. The Balaban J connectivity index is 1.83. The Bertz CT molecular complexity index is 1170. The highest BCUT2D eigenvalue weighted by Gasteiger charge is 2.22. The van der Waals surface area contributed by atoms with E-state index in [1.807, 2.05) is 29.6 Å². The van der Waals surface area contributed by atoms with E-state index < -0.39 is 10.0 Å². The second-order valence-corrected chi connectivity index (χ2v) is 11.0. The number of aromatic nitrogens is 1. The fraction of sp³-hybridized carbons (Fsp3) is 0.348. The highest BCUT2D eigenvalue weighted by Crippen LogP contribution is 2.33. The molecule has 1 fully saturated rings. The Morgan fingerprint density at radius 3 is 2.33 bits per heavy atom. The predicted octanol–water partition coefficient (Wildman–Crippen LogP) is 6.34. The summed E-state index contributed by atoms with van der Waals surface area (Å²) in [6, 6.07) is 15.5. The number of hydrogen-bond donors (Lipinski definition) is 0. The molecule has 7 heteroatoms. The van der Waals surface area contributed by atoms with Crippen LogP contribution >= 0.6 is 27.3 Å². The van der Waals surface area contributed by atoms with Gasteiger partial charge in [-0.1, -0.05) is 66.4 Å². The molecule has 0 saturated heterocycles. The molecule has 0 aliphatic heterocycles. The van der Waals surface area contributed by atoms with Gasteiger partial charge in [-0.15, -0.1) is 15.7 Å². The monoisotopic (exact) mass is 504 g/mol. The number of rotatable bonds is 5. The van der Waals surface area contributed by atoms with Gasteiger partial charge in [0.1, 0.15) is 0 Å². The van der Waals surface area contributed by atoms with Crippen LogP contribution in [0.2, 0.25) is 0 Å². The first kappa shape index (κ1) is 21.5. The second kappa shape index (κ2) is 9.20. The minimum Gasteiger partial charge on any atom is -0.313 e. The Morgan fingerprint density at radius 2 is 1.70 bits per heavy atom. The average Bonchev–Trinajstić information content (AvgIpc) is 3.17. The number of halogens is 1. The van der Waals surface area contributed by atoms with Gasteiger partial charge in [0, 0.05) is 15.9 Å². The lowest BCUT2D eigenvalue weighted by Crippen LogP contribution is -2.25. The SMILES string of the molecule is CCc1ccc(S(=O)(=O)/N=c2/scc(-c3ccc(Br)cc3)n2C2CCCCC2)cc1. The van der Waals surface area contributed by atoms with Crippen LogP contribution in [0.4, 0.5) is 0 Å². The number of hydrogen-bond acceptors (Lipinski definition) is 3. The molecule has 0 N–H and O–H groups in total. The fourth-order valence-electron chi connectivity index (χ4n) is 3.96. The van der Waals surface area contributed by atoms with Crippen molar-refractivity contribution in [3.05, 3.63) is 68.7 Å². The van der Waals surface area contributed by atoms with E-state index in [1.54, 1.807) is 12.1 Å². The zero-order valence-electron chi connectivity index (χ0n) is 16.9. The first-order valence-corrected chi connectivity index (χ1v) is 13.4. The molecule has 158 valence electrons. The van der Waals surface area contributed by atoms with E-state index in [9.17, 15) is 8.42 Å². The molecule has 1 saturated carbocycles. The highest BCUT2D eigenvalue weighted by molar-refractivity contribution is 9.10. The zero-order chi connectivity index (χ0) is 21.1. The molecule has 3 aromatic rings. The number of thiazole rings is 1. The van der Waals surface area contributed by atoms with Crippen molar-refractivity contribution in [3.63, 3.8) is 0 Å². The summed E-state index contributed by atoms with van der Waals surface area (Å²) in [5, 5.41) is 2.03. The summed E-state index contributed by atoms with van der Waals surface area (Å²) in [6.07, 6.45) is 6.55. The summed E-state index contributed by atoms with van der Waals surface area (Å²) in [5.74, 6) is 0. The Labute approximate surface area is 190 Å². The van der Waals surface area contributed by atoms with Gasteiger partial charge in [0.2, 0.25) is 4.80 Å². The normalized spacial score (nSPS) is 16.1. The molecule has 1 aromatic heterocycles. The van der Waals surface area contributed by atoms with Gasteiger partial charge >= 0.3 is 0 Å². The van der Waals surface area contributed by atoms with Crippen molar-refractivity contribution in [1.29, 1.82) is 0 Å². The maximum absolute atomic E-state index is 13.0. The molecule has 1 aliphatic rings. The maximum atomic E-state index is 13.0. The van der Waals surface area contributed by atoms with Crippen LogP contribution in [0.15, 0.2) is 67.7 Å². The van der Waals surface area contributed by atoms with E-state index in [0.717, 1.165) is 53.4 Å². The van der Waals surface area contributed by atoms with Crippen molar-refractivity contribution in [3.8, 4) is 11.3 Å². The molecule has 2 aromatic carbocycles. The second-order valence-electron chi connectivity index (χ2n) is 7.64. The van der Waals surface area contributed by atoms with Gasteiger partial charge in [-0.3, -0.25) is 0 Å². The average molecular weight is 506 g/mol. The van der Waals surface area contributed by atoms with Crippen LogP contribution in [0, 0.1) is 0 Å². The van der Waals surface area contributed by atoms with Gasteiger partial charge < -0.3 is 4.57 Å². The molecule has 0 atom stereocenters. The molecule has 0 spiro atoms. The molecule has 0 radical (unpaired) electrons. The van der Waals surface area contributed by atoms with Crippen molar-refractivity contribution in [2.24, 2.45) is 4.40 Å². The standard InChI is InChI=1S/C23H25BrN2O2S2/c1-2-17-8-14-21(15-9-17)30(27,28)25-23-26(20-6-4-3-5-7-20)22(16-29-23)18-10-12-19(24)13-11-18/h8-16,20H,2-7H2,1H3/b25-23+. The van der Waals surface area contributed by atoms with Gasteiger partial charge in [-0.2, -0.15) is 8.42 Å². The quantitative estimate of drug-likeness (QED) is 0.407. The van der Waals surface area contributed by atoms with Crippen LogP contribution in [0.1, 0.15) is 50.6 Å². The van der Waals surface area contributed by atoms with Crippen molar-refractivity contribution in [2.75, 3.05) is 0 Å². The molecule has 0 unspecified atom stereocenters. The first-order valence-electron chi connectivity index (χ1n) is 10.3. The molecule has 0 amide bonds. The third kappa shape index (κ3) is 4.63. The number of benzene rings is 2. The van der Waals surface area contributed by atoms with Crippen LogP contribution in [0.25, 0.3) is 11.3 Å². The van der Waals surface area contributed by atoms with Crippen LogP contribution in [0.3, 0.4) is 0 Å². The molecule has 0 bridgehead atoms. The lowest BCUT2D eigenvalue weighted by molar-refractivity contribution is 0.351. The van der Waals surface area contributed by atoms with Crippen LogP contribution in [0.5, 0.6) is 0 Å². The van der Waals surface area contributed by atoms with E-state index in [1.165, 1.54) is 17.8 Å². The molecule has 1 heterocycles. The van der Waals surface area contributed by atoms with E-state index in [2.05, 4.69) is 44.0 Å². The van der Waals surface area contributed by atoms with Gasteiger partial charge in [0.05, 0.1) is 10.6 Å². The zero-order valence-corrected chi connectivity index (χ0v) is 20.1. The van der Waals surface area contributed by atoms with Crippen molar-refractivity contribution in [2.45, 2.75) is 56.4 Å². The topological polar surface area (TPSA) is 51.4 Å². The largest absolute Gasteiger partial charge is 0.313 e. The molecule has 4 rings (SSSR count). The highest BCUT2D eigenvalue weighted by atomic mass is 79.9. The Hall–Kier alpha value is -1.70. The summed E-state index contributed by atoms with van der Waals surface area (Å²) in [4.78, 5) is 0.799. The number of sulfonamides is 1. The van der Waals surface area contributed by atoms with Gasteiger partial charge in [0.15, 0.2) is 0 Å². The van der Waals surface area contributed by atoms with E-state index in [-0.39, 0.29) is 10.9 Å². The van der Waals surface area contributed by atoms with Crippen molar-refractivity contribution >= 4 is 37.3 Å². The van der Waals surface area contributed by atoms with E-state index in [4.69, 9.17) is 0 Å². The summed E-state index contributed by atoms with van der Waals surface area (Å²) < 4.78 is 33.6.